The topological polar surface area (TPSA) is 49.2 Å². The second kappa shape index (κ2) is 7.72. The third kappa shape index (κ3) is 3.63. The summed E-state index contributed by atoms with van der Waals surface area (Å²) < 4.78 is 13.7. The molecule has 146 valence electrons. The molecule has 0 amide bonds. The molecule has 5 rings (SSSR count). The molecule has 6 heteroatoms. The first kappa shape index (κ1) is 17.9. The van der Waals surface area contributed by atoms with Crippen LogP contribution in [-0.4, -0.2) is 28.3 Å². The average molecular weight is 404 g/mol. The number of rotatable bonds is 7. The van der Waals surface area contributed by atoms with Crippen LogP contribution in [0.2, 0.25) is 0 Å². The Labute approximate surface area is 173 Å². The lowest BCUT2D eigenvalue weighted by Crippen LogP contribution is -2.02. The van der Waals surface area contributed by atoms with Gasteiger partial charge in [0.2, 0.25) is 0 Å². The Bertz CT molecular complexity index is 1160. The number of methoxy groups -OCH3 is 1. The van der Waals surface area contributed by atoms with Gasteiger partial charge < -0.3 is 9.47 Å². The summed E-state index contributed by atoms with van der Waals surface area (Å²) in [7, 11) is 1.68. The van der Waals surface area contributed by atoms with Crippen molar-refractivity contribution in [3.8, 4) is 16.6 Å². The highest BCUT2D eigenvalue weighted by Gasteiger charge is 2.23. The lowest BCUT2D eigenvalue weighted by Gasteiger charge is -2.13. The Balaban J connectivity index is 1.55. The summed E-state index contributed by atoms with van der Waals surface area (Å²) in [4.78, 5) is 9.30. The first-order chi connectivity index (χ1) is 14.3. The molecule has 1 saturated carbocycles. The molecule has 0 radical (unpaired) electrons. The Hall–Kier alpha value is -3.12. The predicted octanol–water partition coefficient (Wildman–Crippen LogP) is 5.45. The van der Waals surface area contributed by atoms with Gasteiger partial charge in [0.15, 0.2) is 16.6 Å². The van der Waals surface area contributed by atoms with Crippen molar-refractivity contribution in [1.82, 2.24) is 14.5 Å². The zero-order chi connectivity index (χ0) is 19.6. The van der Waals surface area contributed by atoms with Crippen LogP contribution in [0.25, 0.3) is 28.3 Å². The van der Waals surface area contributed by atoms with Crippen molar-refractivity contribution < 1.29 is 9.47 Å². The van der Waals surface area contributed by atoms with E-state index in [-0.39, 0.29) is 0 Å². The van der Waals surface area contributed by atoms with E-state index in [0.717, 1.165) is 45.7 Å². The SMILES string of the molecule is COc1cccc(C=Cc2nc3ccccc3n2-c2nccs2)c1OCC1CC1. The largest absolute Gasteiger partial charge is 0.493 e. The van der Waals surface area contributed by atoms with Gasteiger partial charge in [-0.15, -0.1) is 11.3 Å². The molecule has 1 fully saturated rings. The highest BCUT2D eigenvalue weighted by molar-refractivity contribution is 7.12. The molecular formula is C23H21N3O2S. The van der Waals surface area contributed by atoms with Crippen LogP contribution in [0.3, 0.4) is 0 Å². The standard InChI is InChI=1S/C23H21N3O2S/c1-27-20-8-4-5-17(22(20)28-15-16-9-10-16)11-12-21-25-18-6-2-3-7-19(18)26(21)23-24-13-14-29-23/h2-8,11-14,16H,9-10,15H2,1H3. The van der Waals surface area contributed by atoms with E-state index >= 15 is 0 Å². The monoisotopic (exact) mass is 403 g/mol. The van der Waals surface area contributed by atoms with Crippen molar-refractivity contribution in [2.24, 2.45) is 5.92 Å². The van der Waals surface area contributed by atoms with Crippen molar-refractivity contribution in [1.29, 1.82) is 0 Å². The van der Waals surface area contributed by atoms with E-state index in [4.69, 9.17) is 14.5 Å². The molecule has 0 atom stereocenters. The lowest BCUT2D eigenvalue weighted by atomic mass is 10.1. The fourth-order valence-corrected chi connectivity index (χ4v) is 3.98. The predicted molar refractivity (Wildman–Crippen MR) is 117 cm³/mol. The molecule has 0 N–H and O–H groups in total. The summed E-state index contributed by atoms with van der Waals surface area (Å²) in [6.45, 7) is 0.735. The molecule has 0 saturated heterocycles. The molecule has 1 aliphatic rings. The molecule has 2 heterocycles. The third-order valence-electron chi connectivity index (χ3n) is 5.00. The molecule has 29 heavy (non-hydrogen) atoms. The van der Waals surface area contributed by atoms with Gasteiger partial charge in [-0.1, -0.05) is 24.3 Å². The normalized spacial score (nSPS) is 14.0. The van der Waals surface area contributed by atoms with E-state index in [1.54, 1.807) is 18.4 Å². The number of hydrogen-bond acceptors (Lipinski definition) is 5. The van der Waals surface area contributed by atoms with Gasteiger partial charge in [-0.25, -0.2) is 9.97 Å². The minimum absolute atomic E-state index is 0.672. The van der Waals surface area contributed by atoms with E-state index < -0.39 is 0 Å². The van der Waals surface area contributed by atoms with E-state index in [9.17, 15) is 0 Å². The maximum atomic E-state index is 6.12. The van der Waals surface area contributed by atoms with Crippen LogP contribution in [-0.2, 0) is 0 Å². The summed E-state index contributed by atoms with van der Waals surface area (Å²) in [5, 5.41) is 2.87. The van der Waals surface area contributed by atoms with Crippen LogP contribution in [0.5, 0.6) is 11.5 Å². The number of imidazole rings is 1. The zero-order valence-electron chi connectivity index (χ0n) is 16.1. The first-order valence-electron chi connectivity index (χ1n) is 9.68. The Morgan fingerprint density at radius 3 is 2.83 bits per heavy atom. The van der Waals surface area contributed by atoms with Crippen LogP contribution in [0, 0.1) is 5.92 Å². The van der Waals surface area contributed by atoms with E-state index in [0.29, 0.717) is 5.92 Å². The highest BCUT2D eigenvalue weighted by Crippen LogP contribution is 2.36. The molecule has 2 aromatic carbocycles. The molecule has 4 aromatic rings. The average Bonchev–Trinajstić information content (AvgIpc) is 3.28. The Morgan fingerprint density at radius 2 is 2.03 bits per heavy atom. The Morgan fingerprint density at radius 1 is 1.14 bits per heavy atom. The van der Waals surface area contributed by atoms with Crippen molar-refractivity contribution in [3.63, 3.8) is 0 Å². The van der Waals surface area contributed by atoms with Gasteiger partial charge in [-0.05, 0) is 49.1 Å². The lowest BCUT2D eigenvalue weighted by molar-refractivity contribution is 0.280. The highest BCUT2D eigenvalue weighted by atomic mass is 32.1. The van der Waals surface area contributed by atoms with Crippen molar-refractivity contribution >= 4 is 34.5 Å². The maximum Gasteiger partial charge on any atom is 0.195 e. The fraction of sp³-hybridized carbons (Fsp3) is 0.217. The number of nitrogens with zero attached hydrogens (tertiary/aromatic N) is 3. The van der Waals surface area contributed by atoms with Gasteiger partial charge >= 0.3 is 0 Å². The quantitative estimate of drug-likeness (QED) is 0.412. The minimum Gasteiger partial charge on any atom is -0.493 e. The van der Waals surface area contributed by atoms with Crippen molar-refractivity contribution in [2.75, 3.05) is 13.7 Å². The van der Waals surface area contributed by atoms with E-state index in [1.807, 2.05) is 60.1 Å². The van der Waals surface area contributed by atoms with Crippen LogP contribution < -0.4 is 9.47 Å². The molecule has 2 aromatic heterocycles. The van der Waals surface area contributed by atoms with Crippen LogP contribution in [0.4, 0.5) is 0 Å². The van der Waals surface area contributed by atoms with Crippen LogP contribution in [0.15, 0.2) is 54.0 Å². The molecule has 1 aliphatic carbocycles. The maximum absolute atomic E-state index is 6.12. The summed E-state index contributed by atoms with van der Waals surface area (Å²) in [5.41, 5.74) is 2.96. The summed E-state index contributed by atoms with van der Waals surface area (Å²) in [6, 6.07) is 14.1. The Kier molecular flexibility index (Phi) is 4.77. The van der Waals surface area contributed by atoms with Crippen molar-refractivity contribution in [2.45, 2.75) is 12.8 Å². The molecule has 0 spiro atoms. The number of aromatic nitrogens is 3. The number of ether oxygens (including phenoxy) is 2. The van der Waals surface area contributed by atoms with Crippen molar-refractivity contribution in [3.05, 3.63) is 65.4 Å². The first-order valence-corrected chi connectivity index (χ1v) is 10.6. The van der Waals surface area contributed by atoms with Gasteiger partial charge in [0.05, 0.1) is 24.8 Å². The molecule has 5 nitrogen and oxygen atoms in total. The van der Waals surface area contributed by atoms with Gasteiger partial charge in [0.1, 0.15) is 5.82 Å². The van der Waals surface area contributed by atoms with Crippen LogP contribution in [0.1, 0.15) is 24.2 Å². The molecule has 0 unspecified atom stereocenters. The molecular weight excluding hydrogens is 382 g/mol. The summed E-state index contributed by atoms with van der Waals surface area (Å²) in [5.74, 6) is 3.04. The molecule has 0 aliphatic heterocycles. The third-order valence-corrected chi connectivity index (χ3v) is 5.76. The van der Waals surface area contributed by atoms with Crippen LogP contribution >= 0.6 is 11.3 Å². The summed E-state index contributed by atoms with van der Waals surface area (Å²) >= 11 is 1.59. The number of thiazole rings is 1. The van der Waals surface area contributed by atoms with Gasteiger partial charge in [0, 0.05) is 17.1 Å². The number of hydrogen-bond donors (Lipinski definition) is 0. The number of fused-ring (bicyclic) bond motifs is 1. The van der Waals surface area contributed by atoms with Gasteiger partial charge in [-0.3, -0.25) is 4.57 Å². The van der Waals surface area contributed by atoms with Gasteiger partial charge in [-0.2, -0.15) is 0 Å². The smallest absolute Gasteiger partial charge is 0.195 e. The van der Waals surface area contributed by atoms with E-state index in [2.05, 4.69) is 15.6 Å². The van der Waals surface area contributed by atoms with E-state index in [1.165, 1.54) is 12.8 Å². The van der Waals surface area contributed by atoms with Gasteiger partial charge in [0.25, 0.3) is 0 Å². The number of benzene rings is 2. The number of para-hydroxylation sites is 3. The zero-order valence-corrected chi connectivity index (χ0v) is 16.9. The minimum atomic E-state index is 0.672. The second-order valence-corrected chi connectivity index (χ2v) is 7.95. The fourth-order valence-electron chi connectivity index (χ4n) is 3.31. The second-order valence-electron chi connectivity index (χ2n) is 7.08. The molecule has 0 bridgehead atoms. The summed E-state index contributed by atoms with van der Waals surface area (Å²) in [6.07, 6.45) is 8.36.